The molecule has 2 heterocycles. The van der Waals surface area contributed by atoms with E-state index in [0.717, 1.165) is 26.1 Å². The highest BCUT2D eigenvalue weighted by atomic mass is 35.5. The predicted octanol–water partition coefficient (Wildman–Crippen LogP) is 2.84. The number of benzene rings is 1. The van der Waals surface area contributed by atoms with E-state index in [0.29, 0.717) is 28.2 Å². The second kappa shape index (κ2) is 8.58. The van der Waals surface area contributed by atoms with Crippen LogP contribution in [0, 0.1) is 11.8 Å². The van der Waals surface area contributed by atoms with Crippen LogP contribution in [0.15, 0.2) is 18.2 Å². The third kappa shape index (κ3) is 4.59. The smallest absolute Gasteiger partial charge is 0.228 e. The van der Waals surface area contributed by atoms with E-state index in [2.05, 4.69) is 5.32 Å². The van der Waals surface area contributed by atoms with Gasteiger partial charge in [-0.1, -0.05) is 23.2 Å². The van der Waals surface area contributed by atoms with Gasteiger partial charge in [0.15, 0.2) is 0 Å². The fourth-order valence-electron chi connectivity index (χ4n) is 3.56. The van der Waals surface area contributed by atoms with Crippen molar-refractivity contribution in [3.63, 3.8) is 0 Å². The molecular weight excluding hydrogens is 385 g/mol. The van der Waals surface area contributed by atoms with Gasteiger partial charge in [0.25, 0.3) is 0 Å². The van der Waals surface area contributed by atoms with E-state index in [-0.39, 0.29) is 36.6 Å². The molecule has 25 heavy (non-hydrogen) atoms. The molecule has 0 aromatic heterocycles. The highest BCUT2D eigenvalue weighted by molar-refractivity contribution is 6.35. The Labute approximate surface area is 164 Å². The minimum absolute atomic E-state index is 0. The molecule has 5 nitrogen and oxygen atoms in total. The molecule has 0 spiro atoms. The van der Waals surface area contributed by atoms with Crippen molar-refractivity contribution in [1.82, 2.24) is 10.2 Å². The zero-order valence-corrected chi connectivity index (χ0v) is 16.3. The monoisotopic (exact) mass is 405 g/mol. The molecule has 1 aromatic rings. The number of hydrogen-bond donors (Lipinski definition) is 1. The van der Waals surface area contributed by atoms with Gasteiger partial charge < -0.3 is 15.1 Å². The van der Waals surface area contributed by atoms with Crippen molar-refractivity contribution in [2.24, 2.45) is 11.8 Å². The normalized spacial score (nSPS) is 23.1. The lowest BCUT2D eigenvalue weighted by Crippen LogP contribution is -2.36. The van der Waals surface area contributed by atoms with Crippen molar-refractivity contribution < 1.29 is 9.59 Å². The van der Waals surface area contributed by atoms with Crippen LogP contribution in [0.3, 0.4) is 0 Å². The van der Waals surface area contributed by atoms with Gasteiger partial charge in [-0.3, -0.25) is 9.59 Å². The summed E-state index contributed by atoms with van der Waals surface area (Å²) in [5.41, 5.74) is 0.655. The summed E-state index contributed by atoms with van der Waals surface area (Å²) in [5, 5.41) is 4.12. The second-order valence-electron chi connectivity index (χ2n) is 6.53. The van der Waals surface area contributed by atoms with Gasteiger partial charge in [-0.15, -0.1) is 12.4 Å². The van der Waals surface area contributed by atoms with Crippen LogP contribution in [0.5, 0.6) is 0 Å². The Morgan fingerprint density at radius 3 is 2.56 bits per heavy atom. The average molecular weight is 407 g/mol. The van der Waals surface area contributed by atoms with Gasteiger partial charge in [-0.2, -0.15) is 0 Å². The summed E-state index contributed by atoms with van der Waals surface area (Å²) >= 11 is 12.0. The van der Waals surface area contributed by atoms with E-state index < -0.39 is 0 Å². The Bertz CT molecular complexity index is 636. The zero-order chi connectivity index (χ0) is 17.3. The molecule has 2 aliphatic rings. The van der Waals surface area contributed by atoms with E-state index in [1.807, 2.05) is 11.9 Å². The summed E-state index contributed by atoms with van der Waals surface area (Å²) in [6.45, 7) is 2.86. The number of carbonyl (C=O) groups excluding carboxylic acids is 2. The molecule has 2 aliphatic heterocycles. The Morgan fingerprint density at radius 2 is 1.92 bits per heavy atom. The van der Waals surface area contributed by atoms with Crippen LogP contribution in [-0.2, 0) is 9.59 Å². The maximum atomic E-state index is 12.7. The highest BCUT2D eigenvalue weighted by Crippen LogP contribution is 2.31. The van der Waals surface area contributed by atoms with E-state index in [1.165, 1.54) is 0 Å². The molecule has 2 saturated heterocycles. The van der Waals surface area contributed by atoms with Gasteiger partial charge >= 0.3 is 0 Å². The lowest BCUT2D eigenvalue weighted by atomic mass is 10.1. The van der Waals surface area contributed by atoms with Crippen molar-refractivity contribution in [2.45, 2.75) is 12.8 Å². The Hall–Kier alpha value is -1.01. The van der Waals surface area contributed by atoms with Crippen LogP contribution in [0.1, 0.15) is 12.8 Å². The molecule has 0 aliphatic carbocycles. The number of hydrogen-bond acceptors (Lipinski definition) is 3. The van der Waals surface area contributed by atoms with Crippen LogP contribution in [0.2, 0.25) is 10.0 Å². The van der Waals surface area contributed by atoms with Crippen molar-refractivity contribution in [2.75, 3.05) is 38.1 Å². The number of likely N-dealkylation sites (tertiary alicyclic amines) is 1. The first-order valence-electron chi connectivity index (χ1n) is 8.17. The number of anilines is 1. The molecule has 0 bridgehead atoms. The maximum Gasteiger partial charge on any atom is 0.228 e. The van der Waals surface area contributed by atoms with Crippen LogP contribution in [0.25, 0.3) is 0 Å². The van der Waals surface area contributed by atoms with Gasteiger partial charge in [0.1, 0.15) is 0 Å². The van der Waals surface area contributed by atoms with Crippen LogP contribution in [-0.4, -0.2) is 49.9 Å². The SMILES string of the molecule is CNCC1CCN(C(=O)C2CC(=O)N(c3cc(Cl)cc(Cl)c3)C2)C1.Cl. The van der Waals surface area contributed by atoms with Gasteiger partial charge in [0.2, 0.25) is 11.8 Å². The van der Waals surface area contributed by atoms with Gasteiger partial charge in [-0.25, -0.2) is 0 Å². The van der Waals surface area contributed by atoms with Crippen molar-refractivity contribution >= 4 is 53.1 Å². The standard InChI is InChI=1S/C17H21Cl2N3O2.ClH/c1-20-8-11-2-3-21(9-11)17(24)12-4-16(23)22(10-12)15-6-13(18)5-14(19)7-15;/h5-7,11-12,20H,2-4,8-10H2,1H3;1H. The zero-order valence-electron chi connectivity index (χ0n) is 14.0. The quantitative estimate of drug-likeness (QED) is 0.836. The van der Waals surface area contributed by atoms with E-state index in [9.17, 15) is 9.59 Å². The van der Waals surface area contributed by atoms with Crippen LogP contribution >= 0.6 is 35.6 Å². The molecule has 2 atom stereocenters. The van der Waals surface area contributed by atoms with Crippen molar-refractivity contribution in [3.8, 4) is 0 Å². The Morgan fingerprint density at radius 1 is 1.24 bits per heavy atom. The third-order valence-corrected chi connectivity index (χ3v) is 5.16. The van der Waals surface area contributed by atoms with E-state index >= 15 is 0 Å². The van der Waals surface area contributed by atoms with Crippen molar-refractivity contribution in [1.29, 1.82) is 0 Å². The topological polar surface area (TPSA) is 52.7 Å². The summed E-state index contributed by atoms with van der Waals surface area (Å²) in [6.07, 6.45) is 1.26. The first-order chi connectivity index (χ1) is 11.5. The van der Waals surface area contributed by atoms with Crippen LogP contribution in [0.4, 0.5) is 5.69 Å². The van der Waals surface area contributed by atoms with Gasteiger partial charge in [0.05, 0.1) is 5.92 Å². The number of rotatable bonds is 4. The summed E-state index contributed by atoms with van der Waals surface area (Å²) < 4.78 is 0. The number of nitrogens with one attached hydrogen (secondary N) is 1. The minimum Gasteiger partial charge on any atom is -0.342 e. The largest absolute Gasteiger partial charge is 0.342 e. The van der Waals surface area contributed by atoms with E-state index in [1.54, 1.807) is 23.1 Å². The lowest BCUT2D eigenvalue weighted by Gasteiger charge is -2.21. The molecule has 138 valence electrons. The molecule has 2 fully saturated rings. The average Bonchev–Trinajstić information content (AvgIpc) is 3.13. The molecule has 8 heteroatoms. The summed E-state index contributed by atoms with van der Waals surface area (Å²) in [4.78, 5) is 28.6. The number of halogens is 3. The maximum absolute atomic E-state index is 12.7. The fraction of sp³-hybridized carbons (Fsp3) is 0.529. The first kappa shape index (κ1) is 20.3. The third-order valence-electron chi connectivity index (χ3n) is 4.72. The molecule has 2 amide bonds. The highest BCUT2D eigenvalue weighted by Gasteiger charge is 2.39. The minimum atomic E-state index is -0.288. The van der Waals surface area contributed by atoms with Gasteiger partial charge in [-0.05, 0) is 44.1 Å². The van der Waals surface area contributed by atoms with Crippen molar-refractivity contribution in [3.05, 3.63) is 28.2 Å². The lowest BCUT2D eigenvalue weighted by molar-refractivity contribution is -0.134. The molecule has 2 unspecified atom stereocenters. The Kier molecular flexibility index (Phi) is 6.97. The summed E-state index contributed by atoms with van der Waals surface area (Å²) in [7, 11) is 1.92. The molecule has 0 saturated carbocycles. The predicted molar refractivity (Wildman–Crippen MR) is 103 cm³/mol. The number of carbonyl (C=O) groups is 2. The van der Waals surface area contributed by atoms with Crippen LogP contribution < -0.4 is 10.2 Å². The first-order valence-corrected chi connectivity index (χ1v) is 8.93. The second-order valence-corrected chi connectivity index (χ2v) is 7.40. The summed E-state index contributed by atoms with van der Waals surface area (Å²) in [6, 6.07) is 5.04. The van der Waals surface area contributed by atoms with Gasteiger partial charge in [0, 0.05) is 41.8 Å². The Balaban J connectivity index is 0.00000225. The molecule has 0 radical (unpaired) electrons. The van der Waals surface area contributed by atoms with E-state index in [4.69, 9.17) is 23.2 Å². The number of amides is 2. The molecular formula is C17H22Cl3N3O2. The molecule has 1 aromatic carbocycles. The fourth-order valence-corrected chi connectivity index (χ4v) is 4.08. The number of nitrogens with zero attached hydrogens (tertiary/aromatic N) is 2. The summed E-state index contributed by atoms with van der Waals surface area (Å²) in [5.74, 6) is 0.234. The molecule has 3 rings (SSSR count). The molecule has 1 N–H and O–H groups in total.